The van der Waals surface area contributed by atoms with E-state index in [1.807, 2.05) is 12.2 Å². The molecule has 0 unspecified atom stereocenters. The van der Waals surface area contributed by atoms with Gasteiger partial charge in [-0.2, -0.15) is 13.2 Å². The van der Waals surface area contributed by atoms with Crippen molar-refractivity contribution in [3.05, 3.63) is 35.8 Å². The predicted octanol–water partition coefficient (Wildman–Crippen LogP) is 4.14. The summed E-state index contributed by atoms with van der Waals surface area (Å²) in [4.78, 5) is 11.4. The Bertz CT molecular complexity index is 494. The highest BCUT2D eigenvalue weighted by Gasteiger charge is 2.38. The lowest BCUT2D eigenvalue weighted by molar-refractivity contribution is -0.167. The standard InChI is InChI=1S/C16H19F3O4/c1-11(16(17,18)19)15(20)21-10-14(22-12-6-2-3-7-12)23-13-8-4-5-9-13/h6,8,14H,1-5,7,9-10H2. The third kappa shape index (κ3) is 5.33. The second-order valence-electron chi connectivity index (χ2n) is 5.37. The van der Waals surface area contributed by atoms with Crippen molar-refractivity contribution in [3.63, 3.8) is 0 Å². The fraction of sp³-hybridized carbons (Fsp3) is 0.562. The second kappa shape index (κ2) is 7.57. The van der Waals surface area contributed by atoms with Crippen molar-refractivity contribution in [1.29, 1.82) is 0 Å². The average Bonchev–Trinajstić information content (AvgIpc) is 3.16. The summed E-state index contributed by atoms with van der Waals surface area (Å²) in [7, 11) is 0. The van der Waals surface area contributed by atoms with Crippen LogP contribution >= 0.6 is 0 Å². The molecule has 0 spiro atoms. The van der Waals surface area contributed by atoms with Gasteiger partial charge in [0.2, 0.25) is 0 Å². The Morgan fingerprint density at radius 3 is 2.04 bits per heavy atom. The minimum Gasteiger partial charge on any atom is -0.456 e. The van der Waals surface area contributed by atoms with E-state index in [0.29, 0.717) is 11.5 Å². The molecule has 2 aliphatic rings. The largest absolute Gasteiger partial charge is 0.456 e. The quantitative estimate of drug-likeness (QED) is 0.399. The highest BCUT2D eigenvalue weighted by Crippen LogP contribution is 2.27. The van der Waals surface area contributed by atoms with E-state index in [4.69, 9.17) is 9.47 Å². The van der Waals surface area contributed by atoms with Crippen LogP contribution in [0.2, 0.25) is 0 Å². The maximum Gasteiger partial charge on any atom is 0.422 e. The summed E-state index contributed by atoms with van der Waals surface area (Å²) in [5.74, 6) is -0.103. The fourth-order valence-corrected chi connectivity index (χ4v) is 2.27. The Kier molecular flexibility index (Phi) is 5.74. The zero-order chi connectivity index (χ0) is 16.9. The molecule has 0 fully saturated rings. The van der Waals surface area contributed by atoms with Crippen molar-refractivity contribution in [2.75, 3.05) is 6.61 Å². The summed E-state index contributed by atoms with van der Waals surface area (Å²) in [6.07, 6.45) is 3.19. The van der Waals surface area contributed by atoms with E-state index in [1.54, 1.807) is 0 Å². The van der Waals surface area contributed by atoms with Crippen LogP contribution in [0.5, 0.6) is 0 Å². The zero-order valence-corrected chi connectivity index (χ0v) is 12.7. The number of halogens is 3. The van der Waals surface area contributed by atoms with Crippen molar-refractivity contribution in [3.8, 4) is 0 Å². The van der Waals surface area contributed by atoms with Gasteiger partial charge < -0.3 is 14.2 Å². The van der Waals surface area contributed by atoms with Crippen LogP contribution in [0.3, 0.4) is 0 Å². The first-order valence-corrected chi connectivity index (χ1v) is 7.51. The molecule has 128 valence electrons. The third-order valence-corrected chi connectivity index (χ3v) is 3.50. The summed E-state index contributed by atoms with van der Waals surface area (Å²) >= 11 is 0. The van der Waals surface area contributed by atoms with Gasteiger partial charge in [0, 0.05) is 12.8 Å². The van der Waals surface area contributed by atoms with E-state index >= 15 is 0 Å². The summed E-state index contributed by atoms with van der Waals surface area (Å²) < 4.78 is 53.0. The summed E-state index contributed by atoms with van der Waals surface area (Å²) in [6, 6.07) is 0. The lowest BCUT2D eigenvalue weighted by Gasteiger charge is -2.22. The molecule has 2 rings (SSSR count). The van der Waals surface area contributed by atoms with Crippen LogP contribution in [-0.2, 0) is 19.0 Å². The van der Waals surface area contributed by atoms with E-state index < -0.39 is 30.6 Å². The van der Waals surface area contributed by atoms with Gasteiger partial charge in [-0.05, 0) is 37.8 Å². The first-order chi connectivity index (χ1) is 10.9. The molecule has 0 N–H and O–H groups in total. The molecule has 0 saturated heterocycles. The van der Waals surface area contributed by atoms with Crippen LogP contribution < -0.4 is 0 Å². The number of carbonyl (C=O) groups is 1. The molecule has 0 amide bonds. The van der Waals surface area contributed by atoms with Crippen LogP contribution in [0, 0.1) is 0 Å². The van der Waals surface area contributed by atoms with E-state index in [-0.39, 0.29) is 0 Å². The molecule has 0 aromatic heterocycles. The molecule has 2 aliphatic carbocycles. The first kappa shape index (κ1) is 17.4. The number of carbonyl (C=O) groups excluding carboxylic acids is 1. The number of ether oxygens (including phenoxy) is 3. The molecule has 0 aromatic carbocycles. The van der Waals surface area contributed by atoms with Gasteiger partial charge in [-0.1, -0.05) is 6.58 Å². The maximum atomic E-state index is 12.4. The van der Waals surface area contributed by atoms with Crippen LogP contribution in [0.1, 0.15) is 38.5 Å². The molecule has 7 heteroatoms. The summed E-state index contributed by atoms with van der Waals surface area (Å²) in [6.45, 7) is 2.28. The molecule has 0 radical (unpaired) electrons. The van der Waals surface area contributed by atoms with Crippen molar-refractivity contribution in [2.24, 2.45) is 0 Å². The average molecular weight is 332 g/mol. The highest BCUT2D eigenvalue weighted by atomic mass is 19.4. The molecule has 0 aliphatic heterocycles. The lowest BCUT2D eigenvalue weighted by Crippen LogP contribution is -2.28. The Morgan fingerprint density at radius 2 is 1.65 bits per heavy atom. The van der Waals surface area contributed by atoms with Gasteiger partial charge in [0.1, 0.15) is 5.57 Å². The Balaban J connectivity index is 1.90. The fourth-order valence-electron chi connectivity index (χ4n) is 2.27. The van der Waals surface area contributed by atoms with Crippen molar-refractivity contribution in [1.82, 2.24) is 0 Å². The Hall–Kier alpha value is -1.92. The molecular weight excluding hydrogens is 313 g/mol. The minimum absolute atomic E-state index is 0.428. The van der Waals surface area contributed by atoms with E-state index in [9.17, 15) is 18.0 Å². The monoisotopic (exact) mass is 332 g/mol. The molecule has 0 saturated carbocycles. The number of esters is 1. The van der Waals surface area contributed by atoms with Gasteiger partial charge in [-0.25, -0.2) is 4.79 Å². The summed E-state index contributed by atoms with van der Waals surface area (Å²) in [5, 5.41) is 0. The highest BCUT2D eigenvalue weighted by molar-refractivity contribution is 5.89. The SMILES string of the molecule is C=C(C(=O)OCC(OC1=CCCC1)OC1=CCCC1)C(F)(F)F. The van der Waals surface area contributed by atoms with Crippen molar-refractivity contribution >= 4 is 5.97 Å². The number of alkyl halides is 3. The van der Waals surface area contributed by atoms with Gasteiger partial charge in [-0.15, -0.1) is 0 Å². The molecular formula is C16H19F3O4. The topological polar surface area (TPSA) is 44.8 Å². The van der Waals surface area contributed by atoms with Crippen LogP contribution in [-0.4, -0.2) is 25.0 Å². The van der Waals surface area contributed by atoms with Crippen LogP contribution in [0.15, 0.2) is 35.8 Å². The normalized spacial score (nSPS) is 17.7. The number of hydrogen-bond donors (Lipinski definition) is 0. The lowest BCUT2D eigenvalue weighted by atomic mass is 10.3. The predicted molar refractivity (Wildman–Crippen MR) is 76.0 cm³/mol. The van der Waals surface area contributed by atoms with Crippen LogP contribution in [0.25, 0.3) is 0 Å². The van der Waals surface area contributed by atoms with Gasteiger partial charge in [0.15, 0.2) is 6.61 Å². The van der Waals surface area contributed by atoms with Gasteiger partial charge in [0.25, 0.3) is 6.29 Å². The third-order valence-electron chi connectivity index (χ3n) is 3.50. The molecule has 0 bridgehead atoms. The van der Waals surface area contributed by atoms with E-state index in [2.05, 4.69) is 11.3 Å². The van der Waals surface area contributed by atoms with E-state index in [1.165, 1.54) is 0 Å². The van der Waals surface area contributed by atoms with Crippen molar-refractivity contribution in [2.45, 2.75) is 51.0 Å². The number of hydrogen-bond acceptors (Lipinski definition) is 4. The van der Waals surface area contributed by atoms with Crippen molar-refractivity contribution < 1.29 is 32.2 Å². The molecule has 4 nitrogen and oxygen atoms in total. The van der Waals surface area contributed by atoms with Gasteiger partial charge >= 0.3 is 12.1 Å². The molecule has 0 aromatic rings. The first-order valence-electron chi connectivity index (χ1n) is 7.51. The number of rotatable bonds is 7. The zero-order valence-electron chi connectivity index (χ0n) is 12.7. The van der Waals surface area contributed by atoms with E-state index in [0.717, 1.165) is 38.5 Å². The summed E-state index contributed by atoms with van der Waals surface area (Å²) in [5.41, 5.74) is -1.54. The Labute approximate surface area is 132 Å². The van der Waals surface area contributed by atoms with Gasteiger partial charge in [-0.3, -0.25) is 0 Å². The Morgan fingerprint density at radius 1 is 1.13 bits per heavy atom. The van der Waals surface area contributed by atoms with Gasteiger partial charge in [0.05, 0.1) is 11.5 Å². The second-order valence-corrected chi connectivity index (χ2v) is 5.37. The number of allylic oxidation sites excluding steroid dienone is 4. The molecule has 23 heavy (non-hydrogen) atoms. The maximum absolute atomic E-state index is 12.4. The molecule has 0 heterocycles. The molecule has 0 atom stereocenters. The smallest absolute Gasteiger partial charge is 0.422 e. The minimum atomic E-state index is -4.81. The van der Waals surface area contributed by atoms with Crippen LogP contribution in [0.4, 0.5) is 13.2 Å².